The van der Waals surface area contributed by atoms with Crippen LogP contribution in [0.15, 0.2) is 23.3 Å². The summed E-state index contributed by atoms with van der Waals surface area (Å²) in [6.07, 6.45) is 5.50. The molecule has 1 aromatic heterocycles. The number of nitrogens with zero attached hydrogens (tertiary/aromatic N) is 1. The predicted octanol–water partition coefficient (Wildman–Crippen LogP) is 9.20. The molecule has 1 fully saturated rings. The lowest BCUT2D eigenvalue weighted by atomic mass is 9.95. The summed E-state index contributed by atoms with van der Waals surface area (Å²) in [6.45, 7) is 0. The standard InChI is InChI=1S/C12H11Cl3N2O.C12H8Cl3NO/c13-8-5-7(6-9(14)12(8)15)16-17-10-3-1-2-4-11(10)18;13-6-4-7-9(11(15)10(6)14)5-2-1-3-8(17)12(5)16-7/h5-6,16H,1-4H2;4,16H,1-3H2/b17-10+;. The van der Waals surface area contributed by atoms with E-state index in [9.17, 15) is 9.59 Å². The molecule has 0 saturated heterocycles. The molecule has 11 heteroatoms. The van der Waals surface area contributed by atoms with Crippen LogP contribution in [-0.4, -0.2) is 22.3 Å². The molecule has 5 rings (SSSR count). The van der Waals surface area contributed by atoms with Gasteiger partial charge in [-0.25, -0.2) is 0 Å². The number of carbonyl (C=O) groups is 2. The van der Waals surface area contributed by atoms with Crippen LogP contribution in [0.3, 0.4) is 0 Å². The fourth-order valence-electron chi connectivity index (χ4n) is 4.09. The van der Waals surface area contributed by atoms with Crippen molar-refractivity contribution >= 4 is 103 Å². The number of Topliss-reactive ketones (excluding diaryl/α,β-unsaturated/α-hetero) is 2. The van der Waals surface area contributed by atoms with Crippen molar-refractivity contribution in [1.82, 2.24) is 4.98 Å². The van der Waals surface area contributed by atoms with Gasteiger partial charge in [0.25, 0.3) is 0 Å². The molecule has 2 aromatic carbocycles. The topological polar surface area (TPSA) is 74.3 Å². The van der Waals surface area contributed by atoms with Crippen molar-refractivity contribution in [1.29, 1.82) is 0 Å². The predicted molar refractivity (Wildman–Crippen MR) is 147 cm³/mol. The molecule has 2 aliphatic carbocycles. The van der Waals surface area contributed by atoms with Gasteiger partial charge in [0, 0.05) is 23.7 Å². The van der Waals surface area contributed by atoms with Crippen LogP contribution < -0.4 is 5.43 Å². The van der Waals surface area contributed by atoms with Gasteiger partial charge < -0.3 is 4.98 Å². The average molecular weight is 594 g/mol. The summed E-state index contributed by atoms with van der Waals surface area (Å²) >= 11 is 35.8. The Balaban J connectivity index is 0.000000165. The van der Waals surface area contributed by atoms with Gasteiger partial charge in [0.2, 0.25) is 0 Å². The molecule has 0 bridgehead atoms. The second-order valence-electron chi connectivity index (χ2n) is 8.22. The van der Waals surface area contributed by atoms with Crippen molar-refractivity contribution in [3.8, 4) is 0 Å². The number of anilines is 1. The number of aryl methyl sites for hydroxylation is 1. The number of halogens is 6. The summed E-state index contributed by atoms with van der Waals surface area (Å²) in [5, 5.41) is 7.13. The first-order valence-corrected chi connectivity index (χ1v) is 13.2. The maximum Gasteiger partial charge on any atom is 0.179 e. The van der Waals surface area contributed by atoms with E-state index in [2.05, 4.69) is 15.5 Å². The number of hydrogen-bond acceptors (Lipinski definition) is 4. The number of hydrazone groups is 1. The molecular weight excluding hydrogens is 575 g/mol. The normalized spacial score (nSPS) is 16.8. The number of rotatable bonds is 2. The van der Waals surface area contributed by atoms with E-state index < -0.39 is 0 Å². The van der Waals surface area contributed by atoms with Crippen LogP contribution in [0.25, 0.3) is 10.9 Å². The van der Waals surface area contributed by atoms with Crippen molar-refractivity contribution in [2.75, 3.05) is 5.43 Å². The van der Waals surface area contributed by atoms with E-state index in [1.807, 2.05) is 0 Å². The van der Waals surface area contributed by atoms with Crippen LogP contribution in [0.2, 0.25) is 30.1 Å². The van der Waals surface area contributed by atoms with Crippen LogP contribution in [0, 0.1) is 0 Å². The zero-order valence-electron chi connectivity index (χ0n) is 18.2. The largest absolute Gasteiger partial charge is 0.352 e. The molecular formula is C24H19Cl6N3O2. The van der Waals surface area contributed by atoms with Crippen molar-refractivity contribution in [2.45, 2.75) is 44.9 Å². The molecule has 2 N–H and O–H groups in total. The monoisotopic (exact) mass is 591 g/mol. The number of aromatic amines is 1. The minimum atomic E-state index is 0.0971. The lowest BCUT2D eigenvalue weighted by Crippen LogP contribution is -2.19. The van der Waals surface area contributed by atoms with E-state index >= 15 is 0 Å². The Morgan fingerprint density at radius 3 is 2.03 bits per heavy atom. The van der Waals surface area contributed by atoms with Gasteiger partial charge in [-0.2, -0.15) is 5.10 Å². The van der Waals surface area contributed by atoms with Gasteiger partial charge in [0.1, 0.15) is 5.71 Å². The van der Waals surface area contributed by atoms with Gasteiger partial charge in [0.15, 0.2) is 11.6 Å². The summed E-state index contributed by atoms with van der Waals surface area (Å²) in [5.41, 5.74) is 6.39. The number of fused-ring (bicyclic) bond motifs is 3. The Hall–Kier alpha value is -1.47. The molecule has 0 atom stereocenters. The average Bonchev–Trinajstić information content (AvgIpc) is 3.20. The lowest BCUT2D eigenvalue weighted by Gasteiger charge is -2.12. The van der Waals surface area contributed by atoms with Gasteiger partial charge >= 0.3 is 0 Å². The highest BCUT2D eigenvalue weighted by Crippen LogP contribution is 2.41. The first kappa shape index (κ1) is 26.6. The van der Waals surface area contributed by atoms with E-state index in [1.165, 1.54) is 0 Å². The summed E-state index contributed by atoms with van der Waals surface area (Å²) in [7, 11) is 0. The van der Waals surface area contributed by atoms with Crippen molar-refractivity contribution in [3.05, 3.63) is 59.6 Å². The van der Waals surface area contributed by atoms with Crippen LogP contribution in [0.4, 0.5) is 5.69 Å². The molecule has 0 aliphatic heterocycles. The van der Waals surface area contributed by atoms with E-state index in [-0.39, 0.29) is 11.6 Å². The lowest BCUT2D eigenvalue weighted by molar-refractivity contribution is -0.113. The van der Waals surface area contributed by atoms with Crippen LogP contribution in [-0.2, 0) is 11.2 Å². The number of nitrogens with one attached hydrogen (secondary N) is 2. The molecule has 0 spiro atoms. The van der Waals surface area contributed by atoms with Gasteiger partial charge in [0.05, 0.1) is 41.5 Å². The first-order valence-electron chi connectivity index (χ1n) is 10.9. The second kappa shape index (κ2) is 11.3. The Bertz CT molecular complexity index is 1340. The van der Waals surface area contributed by atoms with Gasteiger partial charge in [-0.15, -0.1) is 0 Å². The molecule has 1 heterocycles. The number of hydrogen-bond donors (Lipinski definition) is 2. The molecule has 0 radical (unpaired) electrons. The molecule has 5 nitrogen and oxygen atoms in total. The maximum atomic E-state index is 11.8. The van der Waals surface area contributed by atoms with Gasteiger partial charge in [-0.05, 0) is 55.9 Å². The maximum absolute atomic E-state index is 11.8. The molecule has 0 amide bonds. The molecule has 1 saturated carbocycles. The van der Waals surface area contributed by atoms with Crippen molar-refractivity contribution in [2.24, 2.45) is 5.10 Å². The summed E-state index contributed by atoms with van der Waals surface area (Å²) < 4.78 is 0. The SMILES string of the molecule is O=C1CCCC/C1=N\Nc1cc(Cl)c(Cl)c(Cl)c1.O=C1CCCc2c1[nH]c1cc(Cl)c(Cl)c(Cl)c21. The zero-order chi connectivity index (χ0) is 25.3. The highest BCUT2D eigenvalue weighted by molar-refractivity contribution is 6.51. The highest BCUT2D eigenvalue weighted by Gasteiger charge is 2.24. The minimum Gasteiger partial charge on any atom is -0.352 e. The van der Waals surface area contributed by atoms with E-state index in [0.717, 1.165) is 42.1 Å². The zero-order valence-corrected chi connectivity index (χ0v) is 22.7. The Morgan fingerprint density at radius 2 is 1.34 bits per heavy atom. The molecule has 2 aliphatic rings. The smallest absolute Gasteiger partial charge is 0.179 e. The van der Waals surface area contributed by atoms with Gasteiger partial charge in [-0.3, -0.25) is 15.0 Å². The van der Waals surface area contributed by atoms with E-state index in [4.69, 9.17) is 69.6 Å². The number of ketones is 2. The second-order valence-corrected chi connectivity index (χ2v) is 10.6. The third kappa shape index (κ3) is 5.76. The third-order valence-corrected chi connectivity index (χ3v) is 8.29. The van der Waals surface area contributed by atoms with Gasteiger partial charge in [-0.1, -0.05) is 69.6 Å². The first-order chi connectivity index (χ1) is 16.7. The fraction of sp³-hybridized carbons (Fsp3) is 0.292. The fourth-order valence-corrected chi connectivity index (χ4v) is 5.41. The minimum absolute atomic E-state index is 0.0971. The van der Waals surface area contributed by atoms with Crippen LogP contribution in [0.1, 0.15) is 54.6 Å². The van der Waals surface area contributed by atoms with Crippen molar-refractivity contribution < 1.29 is 9.59 Å². The number of carbonyl (C=O) groups excluding carboxylic acids is 2. The number of aromatic nitrogens is 1. The quantitative estimate of drug-likeness (QED) is 0.230. The molecule has 35 heavy (non-hydrogen) atoms. The number of H-pyrrole nitrogens is 1. The molecule has 3 aromatic rings. The number of benzene rings is 2. The van der Waals surface area contributed by atoms with Crippen molar-refractivity contribution in [3.63, 3.8) is 0 Å². The summed E-state index contributed by atoms with van der Waals surface area (Å²) in [4.78, 5) is 26.5. The van der Waals surface area contributed by atoms with Crippen LogP contribution >= 0.6 is 69.6 Å². The molecule has 0 unspecified atom stereocenters. The highest BCUT2D eigenvalue weighted by atomic mass is 35.5. The van der Waals surface area contributed by atoms with E-state index in [1.54, 1.807) is 18.2 Å². The molecule has 184 valence electrons. The Morgan fingerprint density at radius 1 is 0.714 bits per heavy atom. The summed E-state index contributed by atoms with van der Waals surface area (Å²) in [6, 6.07) is 4.96. The Labute approximate surface area is 232 Å². The Kier molecular flexibility index (Phi) is 8.57. The van der Waals surface area contributed by atoms with Crippen LogP contribution in [0.5, 0.6) is 0 Å². The summed E-state index contributed by atoms with van der Waals surface area (Å²) in [5.74, 6) is 0.227. The third-order valence-electron chi connectivity index (χ3n) is 5.83. The van der Waals surface area contributed by atoms with E-state index in [0.29, 0.717) is 66.5 Å².